The van der Waals surface area contributed by atoms with Crippen molar-refractivity contribution in [3.63, 3.8) is 0 Å². The Morgan fingerprint density at radius 1 is 1.00 bits per heavy atom. The fourth-order valence-corrected chi connectivity index (χ4v) is 3.16. The van der Waals surface area contributed by atoms with Crippen LogP contribution in [0, 0.1) is 17.5 Å². The van der Waals surface area contributed by atoms with E-state index in [1.54, 1.807) is 5.38 Å². The molecule has 3 rings (SSSR count). The third-order valence-corrected chi connectivity index (χ3v) is 4.55. The average molecular weight is 403 g/mol. The monoisotopic (exact) mass is 402 g/mol. The summed E-state index contributed by atoms with van der Waals surface area (Å²) in [6, 6.07) is 5.40. The second-order valence-electron chi connectivity index (χ2n) is 4.87. The minimum Gasteiger partial charge on any atom is -0.298 e. The number of amides is 1. The number of nitrogens with one attached hydrogen (secondary N) is 1. The highest BCUT2D eigenvalue weighted by Gasteiger charge is 2.16. The Morgan fingerprint density at radius 2 is 1.76 bits per heavy atom. The Hall–Kier alpha value is -2.09. The molecule has 1 amide bonds. The maximum absolute atomic E-state index is 13.5. The van der Waals surface area contributed by atoms with Crippen LogP contribution >= 0.6 is 34.5 Å². The predicted molar refractivity (Wildman–Crippen MR) is 91.8 cm³/mol. The van der Waals surface area contributed by atoms with Crippen LogP contribution in [0.3, 0.4) is 0 Å². The first-order valence-electron chi connectivity index (χ1n) is 6.72. The van der Waals surface area contributed by atoms with Gasteiger partial charge in [-0.25, -0.2) is 18.2 Å². The van der Waals surface area contributed by atoms with Crippen LogP contribution in [0.15, 0.2) is 35.7 Å². The zero-order valence-corrected chi connectivity index (χ0v) is 14.4. The zero-order chi connectivity index (χ0) is 18.1. The smallest absolute Gasteiger partial charge is 0.259 e. The molecule has 1 aromatic heterocycles. The van der Waals surface area contributed by atoms with Crippen molar-refractivity contribution in [3.05, 3.63) is 68.8 Å². The van der Waals surface area contributed by atoms with Gasteiger partial charge >= 0.3 is 0 Å². The van der Waals surface area contributed by atoms with Gasteiger partial charge in [-0.15, -0.1) is 11.3 Å². The second-order valence-corrected chi connectivity index (χ2v) is 6.54. The largest absolute Gasteiger partial charge is 0.298 e. The van der Waals surface area contributed by atoms with E-state index in [-0.39, 0.29) is 20.7 Å². The van der Waals surface area contributed by atoms with Crippen molar-refractivity contribution in [2.75, 3.05) is 5.32 Å². The maximum Gasteiger partial charge on any atom is 0.259 e. The van der Waals surface area contributed by atoms with Crippen molar-refractivity contribution >= 4 is 45.6 Å². The molecule has 0 spiro atoms. The summed E-state index contributed by atoms with van der Waals surface area (Å²) in [7, 11) is 0. The molecule has 0 aliphatic heterocycles. The Balaban J connectivity index is 1.82. The maximum atomic E-state index is 13.5. The van der Waals surface area contributed by atoms with E-state index in [0.29, 0.717) is 11.3 Å². The van der Waals surface area contributed by atoms with E-state index in [1.807, 2.05) is 0 Å². The van der Waals surface area contributed by atoms with Crippen molar-refractivity contribution in [3.8, 4) is 11.3 Å². The third-order valence-electron chi connectivity index (χ3n) is 3.19. The second kappa shape index (κ2) is 7.03. The number of hydrogen-bond acceptors (Lipinski definition) is 3. The van der Waals surface area contributed by atoms with E-state index in [0.717, 1.165) is 35.6 Å². The summed E-state index contributed by atoms with van der Waals surface area (Å²) in [5.41, 5.74) is 0.604. The summed E-state index contributed by atoms with van der Waals surface area (Å²) in [5, 5.41) is 4.01. The predicted octanol–water partition coefficient (Wildman–Crippen LogP) is 5.79. The fourth-order valence-electron chi connectivity index (χ4n) is 1.98. The number of hydrogen-bond donors (Lipinski definition) is 1. The number of benzene rings is 2. The third kappa shape index (κ3) is 3.78. The molecule has 0 aliphatic rings. The van der Waals surface area contributed by atoms with Gasteiger partial charge in [0.25, 0.3) is 5.91 Å². The van der Waals surface area contributed by atoms with Crippen molar-refractivity contribution in [1.29, 1.82) is 0 Å². The van der Waals surface area contributed by atoms with E-state index in [9.17, 15) is 18.0 Å². The highest BCUT2D eigenvalue weighted by molar-refractivity contribution is 7.14. The van der Waals surface area contributed by atoms with Crippen molar-refractivity contribution in [1.82, 2.24) is 4.98 Å². The van der Waals surface area contributed by atoms with Gasteiger partial charge in [-0.1, -0.05) is 23.2 Å². The molecular formula is C16H7Cl2F3N2OS. The number of halogens is 5. The molecule has 2 aromatic carbocycles. The van der Waals surface area contributed by atoms with E-state index < -0.39 is 23.4 Å². The molecule has 0 radical (unpaired) electrons. The molecule has 0 saturated carbocycles. The molecule has 9 heteroatoms. The van der Waals surface area contributed by atoms with Crippen molar-refractivity contribution in [2.24, 2.45) is 0 Å². The molecule has 3 nitrogen and oxygen atoms in total. The highest BCUT2D eigenvalue weighted by atomic mass is 35.5. The van der Waals surface area contributed by atoms with Gasteiger partial charge < -0.3 is 0 Å². The Kier molecular flexibility index (Phi) is 4.99. The normalized spacial score (nSPS) is 10.8. The molecule has 1 N–H and O–H groups in total. The van der Waals surface area contributed by atoms with E-state index in [2.05, 4.69) is 10.3 Å². The molecule has 0 unspecified atom stereocenters. The highest BCUT2D eigenvalue weighted by Crippen LogP contribution is 2.28. The van der Waals surface area contributed by atoms with Crippen LogP contribution < -0.4 is 5.32 Å². The summed E-state index contributed by atoms with van der Waals surface area (Å²) in [6.45, 7) is 0. The Bertz CT molecular complexity index is 978. The first-order chi connectivity index (χ1) is 11.8. The lowest BCUT2D eigenvalue weighted by Crippen LogP contribution is -2.12. The zero-order valence-electron chi connectivity index (χ0n) is 12.1. The molecule has 0 fully saturated rings. The van der Waals surface area contributed by atoms with Crippen LogP contribution in [0.1, 0.15) is 10.4 Å². The lowest BCUT2D eigenvalue weighted by molar-refractivity contribution is 0.102. The molecular weight excluding hydrogens is 396 g/mol. The van der Waals surface area contributed by atoms with Gasteiger partial charge in [0, 0.05) is 10.9 Å². The standard InChI is InChI=1S/C16H7Cl2F3N2OS/c17-9-5-10(18)12(20)4-8(9)15(24)23-16-22-14(6-25-16)7-1-2-11(19)13(21)3-7/h1-6H,(H,22,23,24). The number of carbonyl (C=O) groups is 1. The molecule has 0 bridgehead atoms. The lowest BCUT2D eigenvalue weighted by Gasteiger charge is -2.05. The number of rotatable bonds is 3. The number of carbonyl (C=O) groups excluding carboxylic acids is 1. The number of aromatic nitrogens is 1. The Morgan fingerprint density at radius 3 is 2.48 bits per heavy atom. The van der Waals surface area contributed by atoms with Crippen LogP contribution in [-0.2, 0) is 0 Å². The van der Waals surface area contributed by atoms with Gasteiger partial charge in [0.1, 0.15) is 5.82 Å². The summed E-state index contributed by atoms with van der Waals surface area (Å²) in [4.78, 5) is 16.3. The van der Waals surface area contributed by atoms with Gasteiger partial charge in [0.15, 0.2) is 16.8 Å². The molecule has 1 heterocycles. The topological polar surface area (TPSA) is 42.0 Å². The summed E-state index contributed by atoms with van der Waals surface area (Å²) in [5.74, 6) is -3.42. The van der Waals surface area contributed by atoms with Crippen LogP contribution in [0.25, 0.3) is 11.3 Å². The number of anilines is 1. The first-order valence-corrected chi connectivity index (χ1v) is 8.35. The quantitative estimate of drug-likeness (QED) is 0.563. The summed E-state index contributed by atoms with van der Waals surface area (Å²) in [6.07, 6.45) is 0. The van der Waals surface area contributed by atoms with Crippen molar-refractivity contribution < 1.29 is 18.0 Å². The number of thiazole rings is 1. The van der Waals surface area contributed by atoms with Crippen LogP contribution in [0.2, 0.25) is 10.0 Å². The Labute approximate surface area is 154 Å². The average Bonchev–Trinajstić information content (AvgIpc) is 3.02. The number of nitrogens with zero attached hydrogens (tertiary/aromatic N) is 1. The molecule has 0 saturated heterocycles. The van der Waals surface area contributed by atoms with Gasteiger partial charge in [-0.2, -0.15) is 0 Å². The molecule has 25 heavy (non-hydrogen) atoms. The molecule has 128 valence electrons. The SMILES string of the molecule is O=C(Nc1nc(-c2ccc(F)c(F)c2)cs1)c1cc(F)c(Cl)cc1Cl. The van der Waals surface area contributed by atoms with Crippen LogP contribution in [-0.4, -0.2) is 10.9 Å². The molecule has 0 atom stereocenters. The molecule has 0 aliphatic carbocycles. The van der Waals surface area contributed by atoms with Crippen molar-refractivity contribution in [2.45, 2.75) is 0 Å². The summed E-state index contributed by atoms with van der Waals surface area (Å²) >= 11 is 12.5. The fraction of sp³-hybridized carbons (Fsp3) is 0. The van der Waals surface area contributed by atoms with E-state index in [1.165, 1.54) is 6.07 Å². The minimum absolute atomic E-state index is 0.0127. The first kappa shape index (κ1) is 17.7. The van der Waals surface area contributed by atoms with Gasteiger partial charge in [0.2, 0.25) is 0 Å². The minimum atomic E-state index is -1.00. The van der Waals surface area contributed by atoms with Crippen LogP contribution in [0.4, 0.5) is 18.3 Å². The van der Waals surface area contributed by atoms with E-state index in [4.69, 9.17) is 23.2 Å². The van der Waals surface area contributed by atoms with E-state index >= 15 is 0 Å². The van der Waals surface area contributed by atoms with Gasteiger partial charge in [0.05, 0.1) is 21.3 Å². The van der Waals surface area contributed by atoms with Gasteiger partial charge in [-0.3, -0.25) is 10.1 Å². The van der Waals surface area contributed by atoms with Gasteiger partial charge in [-0.05, 0) is 30.3 Å². The lowest BCUT2D eigenvalue weighted by atomic mass is 10.2. The molecule has 3 aromatic rings. The van der Waals surface area contributed by atoms with Crippen LogP contribution in [0.5, 0.6) is 0 Å². The summed E-state index contributed by atoms with van der Waals surface area (Å²) < 4.78 is 39.8.